The van der Waals surface area contributed by atoms with Gasteiger partial charge < -0.3 is 10.5 Å². The molecule has 0 bridgehead atoms. The lowest BCUT2D eigenvalue weighted by Crippen LogP contribution is -2.11. The SMILES string of the molecule is C[C@@H](N)c1c(F)cc2c(c1F)OCC2. The van der Waals surface area contributed by atoms with Crippen LogP contribution in [0.5, 0.6) is 5.75 Å². The monoisotopic (exact) mass is 199 g/mol. The van der Waals surface area contributed by atoms with Crippen LogP contribution in [0.3, 0.4) is 0 Å². The lowest BCUT2D eigenvalue weighted by atomic mass is 10.0. The molecule has 2 N–H and O–H groups in total. The van der Waals surface area contributed by atoms with Gasteiger partial charge in [0.05, 0.1) is 6.61 Å². The van der Waals surface area contributed by atoms with Gasteiger partial charge in [-0.3, -0.25) is 0 Å². The van der Waals surface area contributed by atoms with Gasteiger partial charge in [0.25, 0.3) is 0 Å². The summed E-state index contributed by atoms with van der Waals surface area (Å²) < 4.78 is 32.1. The summed E-state index contributed by atoms with van der Waals surface area (Å²) in [6, 6.07) is 0.647. The van der Waals surface area contributed by atoms with Crippen molar-refractivity contribution >= 4 is 0 Å². The zero-order chi connectivity index (χ0) is 10.3. The van der Waals surface area contributed by atoms with E-state index in [1.807, 2.05) is 0 Å². The molecule has 0 unspecified atom stereocenters. The maximum atomic E-state index is 13.6. The average molecular weight is 199 g/mol. The highest BCUT2D eigenvalue weighted by Gasteiger charge is 2.24. The maximum Gasteiger partial charge on any atom is 0.173 e. The Morgan fingerprint density at radius 1 is 1.50 bits per heavy atom. The Morgan fingerprint density at radius 2 is 2.21 bits per heavy atom. The minimum absolute atomic E-state index is 0.0920. The molecule has 2 nitrogen and oxygen atoms in total. The molecule has 0 saturated heterocycles. The van der Waals surface area contributed by atoms with Gasteiger partial charge >= 0.3 is 0 Å². The van der Waals surface area contributed by atoms with E-state index in [0.29, 0.717) is 18.6 Å². The zero-order valence-corrected chi connectivity index (χ0v) is 7.81. The van der Waals surface area contributed by atoms with Crippen LogP contribution in [0.25, 0.3) is 0 Å². The normalized spacial score (nSPS) is 16.3. The number of ether oxygens (including phenoxy) is 1. The van der Waals surface area contributed by atoms with Crippen LogP contribution in [0.1, 0.15) is 24.1 Å². The van der Waals surface area contributed by atoms with Crippen molar-refractivity contribution in [3.8, 4) is 5.75 Å². The van der Waals surface area contributed by atoms with Gasteiger partial charge in [0.2, 0.25) is 0 Å². The molecular weight excluding hydrogens is 188 g/mol. The average Bonchev–Trinajstić information content (AvgIpc) is 2.50. The van der Waals surface area contributed by atoms with Crippen molar-refractivity contribution in [3.63, 3.8) is 0 Å². The topological polar surface area (TPSA) is 35.2 Å². The number of halogens is 2. The number of benzene rings is 1. The second-order valence-corrected chi connectivity index (χ2v) is 3.46. The number of fused-ring (bicyclic) bond motifs is 1. The van der Waals surface area contributed by atoms with E-state index in [1.165, 1.54) is 6.07 Å². The fourth-order valence-electron chi connectivity index (χ4n) is 1.69. The van der Waals surface area contributed by atoms with E-state index >= 15 is 0 Å². The van der Waals surface area contributed by atoms with E-state index in [-0.39, 0.29) is 11.3 Å². The first-order chi connectivity index (χ1) is 6.61. The smallest absolute Gasteiger partial charge is 0.173 e. The third-order valence-electron chi connectivity index (χ3n) is 2.36. The van der Waals surface area contributed by atoms with Crippen molar-refractivity contribution < 1.29 is 13.5 Å². The van der Waals surface area contributed by atoms with Gasteiger partial charge in [-0.2, -0.15) is 0 Å². The Balaban J connectivity index is 2.62. The molecule has 1 aromatic carbocycles. The number of nitrogens with two attached hydrogens (primary N) is 1. The van der Waals surface area contributed by atoms with Gasteiger partial charge in [0, 0.05) is 23.6 Å². The second-order valence-electron chi connectivity index (χ2n) is 3.46. The van der Waals surface area contributed by atoms with Crippen molar-refractivity contribution in [2.75, 3.05) is 6.61 Å². The van der Waals surface area contributed by atoms with Crippen molar-refractivity contribution in [1.29, 1.82) is 0 Å². The third-order valence-corrected chi connectivity index (χ3v) is 2.36. The predicted molar refractivity (Wildman–Crippen MR) is 48.2 cm³/mol. The molecule has 0 aliphatic carbocycles. The first-order valence-corrected chi connectivity index (χ1v) is 4.50. The quantitative estimate of drug-likeness (QED) is 0.749. The molecule has 1 atom stereocenters. The first-order valence-electron chi connectivity index (χ1n) is 4.50. The standard InChI is InChI=1S/C10H11F2NO/c1-5(13)8-7(11)4-6-2-3-14-10(6)9(8)12/h4-5H,2-3,13H2,1H3/t5-/m1/s1. The molecule has 1 heterocycles. The molecule has 4 heteroatoms. The van der Waals surface area contributed by atoms with E-state index in [0.717, 1.165) is 0 Å². The largest absolute Gasteiger partial charge is 0.490 e. The van der Waals surface area contributed by atoms with Crippen LogP contribution in [0, 0.1) is 11.6 Å². The molecule has 1 aliphatic rings. The Bertz CT molecular complexity index is 377. The van der Waals surface area contributed by atoms with Crippen LogP contribution in [0.4, 0.5) is 8.78 Å². The molecule has 0 saturated carbocycles. The van der Waals surface area contributed by atoms with Crippen molar-refractivity contribution in [1.82, 2.24) is 0 Å². The molecule has 0 aromatic heterocycles. The van der Waals surface area contributed by atoms with Crippen LogP contribution < -0.4 is 10.5 Å². The Hall–Kier alpha value is -1.16. The van der Waals surface area contributed by atoms with E-state index < -0.39 is 17.7 Å². The summed E-state index contributed by atoms with van der Waals surface area (Å²) >= 11 is 0. The summed E-state index contributed by atoms with van der Waals surface area (Å²) in [6.45, 7) is 1.96. The van der Waals surface area contributed by atoms with Crippen molar-refractivity contribution in [2.24, 2.45) is 5.73 Å². The summed E-state index contributed by atoms with van der Waals surface area (Å²) in [5.41, 5.74) is 5.97. The Morgan fingerprint density at radius 3 is 2.86 bits per heavy atom. The zero-order valence-electron chi connectivity index (χ0n) is 7.81. The minimum atomic E-state index is -0.663. The molecule has 0 spiro atoms. The van der Waals surface area contributed by atoms with Gasteiger partial charge in [-0.05, 0) is 13.0 Å². The fraction of sp³-hybridized carbons (Fsp3) is 0.400. The number of hydrogen-bond donors (Lipinski definition) is 1. The van der Waals surface area contributed by atoms with Gasteiger partial charge in [0.15, 0.2) is 11.6 Å². The van der Waals surface area contributed by atoms with E-state index in [1.54, 1.807) is 6.92 Å². The van der Waals surface area contributed by atoms with Crippen LogP contribution in [-0.2, 0) is 6.42 Å². The summed E-state index contributed by atoms with van der Waals surface area (Å²) in [5, 5.41) is 0. The summed E-state index contributed by atoms with van der Waals surface area (Å²) in [4.78, 5) is 0. The van der Waals surface area contributed by atoms with Crippen molar-refractivity contribution in [2.45, 2.75) is 19.4 Å². The lowest BCUT2D eigenvalue weighted by molar-refractivity contribution is 0.336. The highest BCUT2D eigenvalue weighted by atomic mass is 19.1. The van der Waals surface area contributed by atoms with Crippen LogP contribution in [-0.4, -0.2) is 6.61 Å². The highest BCUT2D eigenvalue weighted by Crippen LogP contribution is 2.34. The van der Waals surface area contributed by atoms with E-state index in [4.69, 9.17) is 10.5 Å². The molecule has 0 radical (unpaired) electrons. The number of hydrogen-bond acceptors (Lipinski definition) is 2. The molecule has 14 heavy (non-hydrogen) atoms. The van der Waals surface area contributed by atoms with Gasteiger partial charge in [-0.15, -0.1) is 0 Å². The lowest BCUT2D eigenvalue weighted by Gasteiger charge is -2.11. The summed E-state index contributed by atoms with van der Waals surface area (Å²) in [6.07, 6.45) is 0.558. The van der Waals surface area contributed by atoms with Crippen LogP contribution in [0.15, 0.2) is 6.07 Å². The molecule has 1 aromatic rings. The fourth-order valence-corrected chi connectivity index (χ4v) is 1.69. The first kappa shape index (κ1) is 9.40. The van der Waals surface area contributed by atoms with Crippen LogP contribution in [0.2, 0.25) is 0 Å². The van der Waals surface area contributed by atoms with E-state index in [9.17, 15) is 8.78 Å². The highest BCUT2D eigenvalue weighted by molar-refractivity contribution is 5.43. The third kappa shape index (κ3) is 1.26. The molecular formula is C10H11F2NO. The predicted octanol–water partition coefficient (Wildman–Crippen LogP) is 1.92. The number of rotatable bonds is 1. The van der Waals surface area contributed by atoms with Gasteiger partial charge in [0.1, 0.15) is 5.82 Å². The Labute approximate surface area is 80.7 Å². The molecule has 0 fully saturated rings. The Kier molecular flexibility index (Phi) is 2.15. The summed E-state index contributed by atoms with van der Waals surface area (Å²) in [5.74, 6) is -1.06. The molecule has 76 valence electrons. The van der Waals surface area contributed by atoms with Crippen LogP contribution >= 0.6 is 0 Å². The molecule has 0 amide bonds. The molecule has 1 aliphatic heterocycles. The molecule has 2 rings (SSSR count). The minimum Gasteiger partial charge on any atom is -0.490 e. The van der Waals surface area contributed by atoms with Crippen molar-refractivity contribution in [3.05, 3.63) is 28.8 Å². The summed E-state index contributed by atoms with van der Waals surface area (Å²) in [7, 11) is 0. The van der Waals surface area contributed by atoms with E-state index in [2.05, 4.69) is 0 Å². The van der Waals surface area contributed by atoms with Gasteiger partial charge in [-0.1, -0.05) is 0 Å². The second kappa shape index (κ2) is 3.20. The maximum absolute atomic E-state index is 13.6. The van der Waals surface area contributed by atoms with Gasteiger partial charge in [-0.25, -0.2) is 8.78 Å².